The zero-order valence-corrected chi connectivity index (χ0v) is 25.0. The van der Waals surface area contributed by atoms with Gasteiger partial charge < -0.3 is 9.42 Å². The number of anilines is 1. The van der Waals surface area contributed by atoms with Gasteiger partial charge in [-0.05, 0) is 100 Å². The molecule has 2 aromatic heterocycles. The normalized spacial score (nSPS) is 29.7. The van der Waals surface area contributed by atoms with Gasteiger partial charge in [-0.15, -0.1) is 0 Å². The van der Waals surface area contributed by atoms with Crippen molar-refractivity contribution < 1.29 is 18.1 Å². The zero-order valence-electron chi connectivity index (χ0n) is 25.0. The van der Waals surface area contributed by atoms with Crippen LogP contribution in [0.3, 0.4) is 0 Å². The summed E-state index contributed by atoms with van der Waals surface area (Å²) in [4.78, 5) is 20.8. The van der Waals surface area contributed by atoms with E-state index in [9.17, 15) is 13.6 Å². The number of alkyl halides is 2. The molecule has 228 valence electrons. The molecule has 0 aliphatic heterocycles. The van der Waals surface area contributed by atoms with Crippen molar-refractivity contribution in [1.82, 2.24) is 19.9 Å². The standard InChI is InChI=1S/C34H41F2N5O2/c1-40-28(23-5-6-23)19-27(38-40)25-3-2-4-26(18-25)41(29(42)17-22-9-10-34(35,36)20-22)21-32-11-14-33(15-12-32,16-13-32)31-37-30(39-43-31)24-7-8-24/h2-4,18-19,22-24H,5-17,20-21H2,1H3. The molecule has 7 nitrogen and oxygen atoms in total. The molecule has 1 atom stereocenters. The summed E-state index contributed by atoms with van der Waals surface area (Å²) in [5.41, 5.74) is 3.94. The summed E-state index contributed by atoms with van der Waals surface area (Å²) in [6, 6.07) is 10.3. The summed E-state index contributed by atoms with van der Waals surface area (Å²) in [6.45, 7) is 0.612. The molecule has 2 bridgehead atoms. The zero-order chi connectivity index (χ0) is 29.4. The predicted octanol–water partition coefficient (Wildman–Crippen LogP) is 7.68. The molecule has 6 fully saturated rings. The minimum atomic E-state index is -2.66. The van der Waals surface area contributed by atoms with E-state index < -0.39 is 5.92 Å². The van der Waals surface area contributed by atoms with Crippen molar-refractivity contribution in [1.29, 1.82) is 0 Å². The lowest BCUT2D eigenvalue weighted by Crippen LogP contribution is -2.51. The van der Waals surface area contributed by atoms with Crippen molar-refractivity contribution in [3.63, 3.8) is 0 Å². The first-order valence-corrected chi connectivity index (χ1v) is 16.4. The summed E-state index contributed by atoms with van der Waals surface area (Å²) < 4.78 is 36.0. The topological polar surface area (TPSA) is 77.1 Å². The second kappa shape index (κ2) is 9.96. The van der Waals surface area contributed by atoms with Crippen molar-refractivity contribution in [2.24, 2.45) is 18.4 Å². The fourth-order valence-electron chi connectivity index (χ4n) is 8.23. The number of hydrogen-bond donors (Lipinski definition) is 0. The highest BCUT2D eigenvalue weighted by Crippen LogP contribution is 2.58. The van der Waals surface area contributed by atoms with E-state index >= 15 is 0 Å². The first-order chi connectivity index (χ1) is 20.7. The van der Waals surface area contributed by atoms with Crippen LogP contribution in [0, 0.1) is 11.3 Å². The van der Waals surface area contributed by atoms with Gasteiger partial charge in [0, 0.05) is 67.1 Å². The van der Waals surface area contributed by atoms with E-state index in [4.69, 9.17) is 14.6 Å². The van der Waals surface area contributed by atoms with Crippen LogP contribution in [0.5, 0.6) is 0 Å². The molecule has 43 heavy (non-hydrogen) atoms. The highest BCUT2D eigenvalue weighted by molar-refractivity contribution is 5.94. The molecule has 2 heterocycles. The van der Waals surface area contributed by atoms with E-state index in [1.165, 1.54) is 18.5 Å². The van der Waals surface area contributed by atoms with Crippen LogP contribution in [-0.4, -0.2) is 38.3 Å². The van der Waals surface area contributed by atoms with E-state index in [1.54, 1.807) is 0 Å². The van der Waals surface area contributed by atoms with E-state index in [2.05, 4.69) is 23.4 Å². The number of rotatable bonds is 9. The number of halogens is 2. The Morgan fingerprint density at radius 2 is 1.74 bits per heavy atom. The molecule has 0 spiro atoms. The van der Waals surface area contributed by atoms with Gasteiger partial charge in [0.25, 0.3) is 0 Å². The second-order valence-corrected chi connectivity index (χ2v) is 14.6. The van der Waals surface area contributed by atoms with Crippen molar-refractivity contribution >= 4 is 11.6 Å². The number of fused-ring (bicyclic) bond motifs is 3. The monoisotopic (exact) mass is 589 g/mol. The van der Waals surface area contributed by atoms with Gasteiger partial charge in [0.15, 0.2) is 5.82 Å². The van der Waals surface area contributed by atoms with Crippen LogP contribution >= 0.6 is 0 Å². The first kappa shape index (κ1) is 27.4. The molecule has 9 heteroatoms. The van der Waals surface area contributed by atoms with Crippen LogP contribution in [0.4, 0.5) is 14.5 Å². The molecule has 9 rings (SSSR count). The third-order valence-electron chi connectivity index (χ3n) is 11.4. The number of carbonyl (C=O) groups excluding carboxylic acids is 1. The van der Waals surface area contributed by atoms with E-state index in [0.717, 1.165) is 80.0 Å². The van der Waals surface area contributed by atoms with Crippen molar-refractivity contribution in [2.45, 2.75) is 113 Å². The fourth-order valence-corrected chi connectivity index (χ4v) is 8.23. The lowest BCUT2D eigenvalue weighted by Gasteiger charge is -2.53. The molecule has 0 saturated heterocycles. The third kappa shape index (κ3) is 5.20. The van der Waals surface area contributed by atoms with Crippen LogP contribution in [0.1, 0.15) is 119 Å². The van der Waals surface area contributed by atoms with E-state index in [-0.39, 0.29) is 41.9 Å². The molecule has 6 aliphatic rings. The molecule has 1 aromatic carbocycles. The number of carbonyl (C=O) groups is 1. The van der Waals surface area contributed by atoms with Crippen molar-refractivity contribution in [3.8, 4) is 11.3 Å². The maximum Gasteiger partial charge on any atom is 0.248 e. The van der Waals surface area contributed by atoms with Gasteiger partial charge >= 0.3 is 0 Å². The molecule has 6 saturated carbocycles. The van der Waals surface area contributed by atoms with Crippen LogP contribution in [0.15, 0.2) is 34.9 Å². The highest BCUT2D eigenvalue weighted by atomic mass is 19.3. The minimum absolute atomic E-state index is 0.00346. The molecule has 1 unspecified atom stereocenters. The predicted molar refractivity (Wildman–Crippen MR) is 158 cm³/mol. The highest BCUT2D eigenvalue weighted by Gasteiger charge is 2.53. The minimum Gasteiger partial charge on any atom is -0.339 e. The number of amides is 1. The molecular formula is C34H41F2N5O2. The largest absolute Gasteiger partial charge is 0.339 e. The first-order valence-electron chi connectivity index (χ1n) is 16.4. The summed E-state index contributed by atoms with van der Waals surface area (Å²) in [6.07, 6.45) is 10.9. The van der Waals surface area contributed by atoms with Crippen molar-refractivity contribution in [3.05, 3.63) is 47.7 Å². The van der Waals surface area contributed by atoms with Gasteiger partial charge in [0.1, 0.15) is 0 Å². The number of aromatic nitrogens is 4. The summed E-state index contributed by atoms with van der Waals surface area (Å²) >= 11 is 0. The second-order valence-electron chi connectivity index (χ2n) is 14.6. The van der Waals surface area contributed by atoms with Gasteiger partial charge in [-0.25, -0.2) is 8.78 Å². The maximum atomic E-state index is 14.1. The summed E-state index contributed by atoms with van der Waals surface area (Å²) in [5, 5.41) is 9.11. The molecule has 0 radical (unpaired) electrons. The average molecular weight is 590 g/mol. The Morgan fingerprint density at radius 1 is 1.00 bits per heavy atom. The Bertz CT molecular complexity index is 1510. The number of nitrogens with zero attached hydrogens (tertiary/aromatic N) is 5. The van der Waals surface area contributed by atoms with Gasteiger partial charge in [-0.3, -0.25) is 9.48 Å². The Labute approximate surface area is 251 Å². The lowest BCUT2D eigenvalue weighted by atomic mass is 9.53. The van der Waals surface area contributed by atoms with Gasteiger partial charge in [0.2, 0.25) is 17.7 Å². The van der Waals surface area contributed by atoms with Crippen LogP contribution in [-0.2, 0) is 17.3 Å². The number of aryl methyl sites for hydroxylation is 1. The molecule has 0 N–H and O–H groups in total. The lowest BCUT2D eigenvalue weighted by molar-refractivity contribution is -0.120. The average Bonchev–Trinajstić information content (AvgIpc) is 3.92. The Balaban J connectivity index is 1.05. The smallest absolute Gasteiger partial charge is 0.248 e. The molecule has 1 amide bonds. The SMILES string of the molecule is Cn1nc(-c2cccc(N(CC34CCC(c5nc(C6CC6)no5)(CC3)CC4)C(=O)CC3CCC(F)(F)C3)c2)cc1C1CC1. The molecule has 3 aromatic rings. The van der Waals surface area contributed by atoms with E-state index in [0.29, 0.717) is 24.8 Å². The fraction of sp³-hybridized carbons (Fsp3) is 0.647. The Morgan fingerprint density at radius 3 is 2.42 bits per heavy atom. The van der Waals surface area contributed by atoms with Crippen LogP contribution < -0.4 is 4.90 Å². The number of benzene rings is 1. The maximum absolute atomic E-state index is 14.1. The van der Waals surface area contributed by atoms with Gasteiger partial charge in [-0.2, -0.15) is 10.1 Å². The molecule has 6 aliphatic carbocycles. The Kier molecular flexibility index (Phi) is 6.36. The quantitative estimate of drug-likeness (QED) is 0.256. The molecular weight excluding hydrogens is 548 g/mol. The van der Waals surface area contributed by atoms with Gasteiger partial charge in [-0.1, -0.05) is 17.3 Å². The van der Waals surface area contributed by atoms with Crippen LogP contribution in [0.2, 0.25) is 0 Å². The summed E-state index contributed by atoms with van der Waals surface area (Å²) in [7, 11) is 2.00. The van der Waals surface area contributed by atoms with E-state index in [1.807, 2.05) is 28.8 Å². The Hall–Kier alpha value is -3.10. The number of hydrogen-bond acceptors (Lipinski definition) is 5. The third-order valence-corrected chi connectivity index (χ3v) is 11.4. The van der Waals surface area contributed by atoms with Crippen LogP contribution in [0.25, 0.3) is 11.3 Å². The van der Waals surface area contributed by atoms with Gasteiger partial charge in [0.05, 0.1) is 5.69 Å². The van der Waals surface area contributed by atoms with Crippen molar-refractivity contribution in [2.75, 3.05) is 11.4 Å². The summed E-state index contributed by atoms with van der Waals surface area (Å²) in [5.74, 6) is -0.218.